The van der Waals surface area contributed by atoms with Gasteiger partial charge in [-0.05, 0) is 57.1 Å². The van der Waals surface area contributed by atoms with E-state index < -0.39 is 0 Å². The first-order chi connectivity index (χ1) is 14.2. The highest BCUT2D eigenvalue weighted by atomic mass is 16.2. The minimum absolute atomic E-state index is 0.148. The molecule has 0 bridgehead atoms. The summed E-state index contributed by atoms with van der Waals surface area (Å²) in [5, 5.41) is 8.52. The molecule has 1 aliphatic heterocycles. The van der Waals surface area contributed by atoms with Crippen molar-refractivity contribution in [2.75, 3.05) is 13.1 Å². The SMILES string of the molecule is CCn1nc(C(=O)N2CCCCCC2)c2c1CCC(NCc1ccccc1C)C2. The quantitative estimate of drug-likeness (QED) is 0.837. The maximum atomic E-state index is 13.3. The molecule has 1 aromatic heterocycles. The summed E-state index contributed by atoms with van der Waals surface area (Å²) in [5.74, 6) is 0.148. The molecule has 29 heavy (non-hydrogen) atoms. The van der Waals surface area contributed by atoms with E-state index in [9.17, 15) is 4.79 Å². The third kappa shape index (κ3) is 4.40. The number of aryl methyl sites for hydroxylation is 2. The fourth-order valence-electron chi connectivity index (χ4n) is 4.78. The number of rotatable bonds is 5. The minimum Gasteiger partial charge on any atom is -0.337 e. The molecule has 0 spiro atoms. The van der Waals surface area contributed by atoms with Crippen LogP contribution in [0.3, 0.4) is 0 Å². The lowest BCUT2D eigenvalue weighted by molar-refractivity contribution is 0.0753. The van der Waals surface area contributed by atoms with E-state index in [1.54, 1.807) is 0 Å². The van der Waals surface area contributed by atoms with Crippen molar-refractivity contribution in [2.24, 2.45) is 0 Å². The largest absolute Gasteiger partial charge is 0.337 e. The van der Waals surface area contributed by atoms with Crippen LogP contribution in [0.5, 0.6) is 0 Å². The van der Waals surface area contributed by atoms with Gasteiger partial charge < -0.3 is 10.2 Å². The van der Waals surface area contributed by atoms with Crippen LogP contribution >= 0.6 is 0 Å². The molecule has 1 atom stereocenters. The predicted octanol–water partition coefficient (Wildman–Crippen LogP) is 3.87. The van der Waals surface area contributed by atoms with Gasteiger partial charge in [0.25, 0.3) is 5.91 Å². The first kappa shape index (κ1) is 20.1. The Morgan fingerprint density at radius 1 is 1.17 bits per heavy atom. The molecule has 156 valence electrons. The summed E-state index contributed by atoms with van der Waals surface area (Å²) in [6, 6.07) is 8.95. The van der Waals surface area contributed by atoms with Crippen molar-refractivity contribution >= 4 is 5.91 Å². The van der Waals surface area contributed by atoms with E-state index in [1.807, 2.05) is 4.90 Å². The standard InChI is InChI=1S/C24H34N4O/c1-3-28-22-13-12-20(25-17-19-11-7-6-10-18(19)2)16-21(22)23(26-28)24(29)27-14-8-4-5-9-15-27/h6-7,10-11,20,25H,3-5,8-9,12-17H2,1-2H3. The summed E-state index contributed by atoms with van der Waals surface area (Å²) >= 11 is 0. The second-order valence-corrected chi connectivity index (χ2v) is 8.54. The van der Waals surface area contributed by atoms with Crippen LogP contribution in [0.4, 0.5) is 0 Å². The number of aromatic nitrogens is 2. The molecule has 2 aromatic rings. The monoisotopic (exact) mass is 394 g/mol. The summed E-state index contributed by atoms with van der Waals surface area (Å²) in [5.41, 5.74) is 5.86. The van der Waals surface area contributed by atoms with Gasteiger partial charge in [0.2, 0.25) is 0 Å². The smallest absolute Gasteiger partial charge is 0.274 e. The molecule has 1 aromatic carbocycles. The van der Waals surface area contributed by atoms with Crippen molar-refractivity contribution in [1.82, 2.24) is 20.0 Å². The van der Waals surface area contributed by atoms with Gasteiger partial charge in [0.1, 0.15) is 0 Å². The molecule has 1 unspecified atom stereocenters. The van der Waals surface area contributed by atoms with Gasteiger partial charge in [0.05, 0.1) is 0 Å². The van der Waals surface area contributed by atoms with Crippen molar-refractivity contribution in [3.05, 3.63) is 52.3 Å². The van der Waals surface area contributed by atoms with Crippen molar-refractivity contribution < 1.29 is 4.79 Å². The highest BCUT2D eigenvalue weighted by Gasteiger charge is 2.31. The molecule has 1 saturated heterocycles. The van der Waals surface area contributed by atoms with Gasteiger partial charge >= 0.3 is 0 Å². The van der Waals surface area contributed by atoms with Crippen LogP contribution in [0.2, 0.25) is 0 Å². The van der Waals surface area contributed by atoms with E-state index in [-0.39, 0.29) is 5.91 Å². The zero-order valence-electron chi connectivity index (χ0n) is 17.9. The fraction of sp³-hybridized carbons (Fsp3) is 0.583. The van der Waals surface area contributed by atoms with Crippen LogP contribution in [0, 0.1) is 6.92 Å². The molecule has 0 radical (unpaired) electrons. The molecule has 0 saturated carbocycles. The van der Waals surface area contributed by atoms with E-state index in [0.29, 0.717) is 11.7 Å². The Balaban J connectivity index is 1.51. The van der Waals surface area contributed by atoms with Gasteiger partial charge in [-0.1, -0.05) is 37.1 Å². The van der Waals surface area contributed by atoms with Crippen LogP contribution in [0.25, 0.3) is 0 Å². The van der Waals surface area contributed by atoms with Gasteiger partial charge in [-0.15, -0.1) is 0 Å². The Hall–Kier alpha value is -2.14. The molecule has 2 aliphatic rings. The lowest BCUT2D eigenvalue weighted by atomic mass is 9.90. The molecule has 1 aliphatic carbocycles. The van der Waals surface area contributed by atoms with Crippen LogP contribution in [-0.4, -0.2) is 39.7 Å². The first-order valence-electron chi connectivity index (χ1n) is 11.3. The van der Waals surface area contributed by atoms with Crippen LogP contribution in [-0.2, 0) is 25.9 Å². The highest BCUT2D eigenvalue weighted by Crippen LogP contribution is 2.27. The summed E-state index contributed by atoms with van der Waals surface area (Å²) < 4.78 is 2.07. The Kier molecular flexibility index (Phi) is 6.34. The number of hydrogen-bond donors (Lipinski definition) is 1. The minimum atomic E-state index is 0.148. The molecule has 1 amide bonds. The Morgan fingerprint density at radius 3 is 2.66 bits per heavy atom. The zero-order valence-corrected chi connectivity index (χ0v) is 17.9. The highest BCUT2D eigenvalue weighted by molar-refractivity contribution is 5.94. The number of hydrogen-bond acceptors (Lipinski definition) is 3. The summed E-state index contributed by atoms with van der Waals surface area (Å²) in [7, 11) is 0. The number of benzene rings is 1. The number of likely N-dealkylation sites (tertiary alicyclic amines) is 1. The summed E-state index contributed by atoms with van der Waals surface area (Å²) in [4.78, 5) is 15.4. The van der Waals surface area contributed by atoms with Crippen molar-refractivity contribution in [2.45, 2.75) is 77.9 Å². The Bertz CT molecular complexity index is 849. The first-order valence-corrected chi connectivity index (χ1v) is 11.3. The molecule has 1 fully saturated rings. The Labute approximate surface area is 174 Å². The average Bonchev–Trinajstić information content (AvgIpc) is 2.90. The van der Waals surface area contributed by atoms with Gasteiger partial charge in [0.15, 0.2) is 5.69 Å². The molecule has 2 heterocycles. The van der Waals surface area contributed by atoms with Crippen molar-refractivity contribution in [3.63, 3.8) is 0 Å². The summed E-state index contributed by atoms with van der Waals surface area (Å²) in [6.07, 6.45) is 7.69. The predicted molar refractivity (Wildman–Crippen MR) is 116 cm³/mol. The van der Waals surface area contributed by atoms with Crippen LogP contribution < -0.4 is 5.32 Å². The molecule has 5 heteroatoms. The number of amides is 1. The molecule has 1 N–H and O–H groups in total. The van der Waals surface area contributed by atoms with Crippen LogP contribution in [0.15, 0.2) is 24.3 Å². The number of nitrogens with zero attached hydrogens (tertiary/aromatic N) is 3. The number of nitrogens with one attached hydrogen (secondary N) is 1. The summed E-state index contributed by atoms with van der Waals surface area (Å²) in [6.45, 7) is 7.75. The van der Waals surface area contributed by atoms with Gasteiger partial charge in [-0.3, -0.25) is 9.48 Å². The molecular weight excluding hydrogens is 360 g/mol. The second kappa shape index (κ2) is 9.12. The second-order valence-electron chi connectivity index (χ2n) is 8.54. The molecule has 4 rings (SSSR count). The van der Waals surface area contributed by atoms with Gasteiger partial charge in [-0.2, -0.15) is 5.10 Å². The Morgan fingerprint density at radius 2 is 1.93 bits per heavy atom. The van der Waals surface area contributed by atoms with E-state index in [2.05, 4.69) is 48.1 Å². The van der Waals surface area contributed by atoms with Crippen LogP contribution in [0.1, 0.15) is 71.9 Å². The lowest BCUT2D eigenvalue weighted by Crippen LogP contribution is -2.36. The number of carbonyl (C=O) groups is 1. The van der Waals surface area contributed by atoms with E-state index in [4.69, 9.17) is 5.10 Å². The van der Waals surface area contributed by atoms with Crippen molar-refractivity contribution in [1.29, 1.82) is 0 Å². The van der Waals surface area contributed by atoms with Crippen molar-refractivity contribution in [3.8, 4) is 0 Å². The topological polar surface area (TPSA) is 50.2 Å². The van der Waals surface area contributed by atoms with E-state index in [1.165, 1.54) is 35.2 Å². The third-order valence-electron chi connectivity index (χ3n) is 6.58. The van der Waals surface area contributed by atoms with Gasteiger partial charge in [0, 0.05) is 43.5 Å². The fourth-order valence-corrected chi connectivity index (χ4v) is 4.78. The molecular formula is C24H34N4O. The maximum absolute atomic E-state index is 13.3. The lowest BCUT2D eigenvalue weighted by Gasteiger charge is -2.26. The maximum Gasteiger partial charge on any atom is 0.274 e. The van der Waals surface area contributed by atoms with E-state index in [0.717, 1.165) is 58.3 Å². The number of carbonyl (C=O) groups excluding carboxylic acids is 1. The van der Waals surface area contributed by atoms with E-state index >= 15 is 0 Å². The zero-order chi connectivity index (χ0) is 20.2. The molecule has 5 nitrogen and oxygen atoms in total. The third-order valence-corrected chi connectivity index (χ3v) is 6.58. The average molecular weight is 395 g/mol. The van der Waals surface area contributed by atoms with Gasteiger partial charge in [-0.25, -0.2) is 0 Å². The number of fused-ring (bicyclic) bond motifs is 1. The normalized spacial score (nSPS) is 19.7.